The molecule has 10 heteroatoms. The molecule has 0 saturated carbocycles. The van der Waals surface area contributed by atoms with Gasteiger partial charge in [0.25, 0.3) is 5.91 Å². The zero-order valence-electron chi connectivity index (χ0n) is 21.9. The van der Waals surface area contributed by atoms with Crippen molar-refractivity contribution in [1.29, 1.82) is 0 Å². The van der Waals surface area contributed by atoms with Crippen LogP contribution in [0.3, 0.4) is 0 Å². The Labute approximate surface area is 221 Å². The van der Waals surface area contributed by atoms with E-state index in [1.165, 1.54) is 12.1 Å². The molecule has 0 bridgehead atoms. The highest BCUT2D eigenvalue weighted by molar-refractivity contribution is 5.96. The lowest BCUT2D eigenvalue weighted by Gasteiger charge is -2.38. The topological polar surface area (TPSA) is 83.6 Å². The second-order valence-corrected chi connectivity index (χ2v) is 10.7. The summed E-state index contributed by atoms with van der Waals surface area (Å²) < 4.78 is 45.2. The third-order valence-electron chi connectivity index (χ3n) is 7.54. The summed E-state index contributed by atoms with van der Waals surface area (Å²) in [6, 6.07) is 10.2. The van der Waals surface area contributed by atoms with Crippen molar-refractivity contribution in [2.75, 3.05) is 19.7 Å². The van der Waals surface area contributed by atoms with Crippen LogP contribution in [-0.4, -0.2) is 59.5 Å². The average molecular weight is 533 g/mol. The zero-order chi connectivity index (χ0) is 27.5. The first-order chi connectivity index (χ1) is 18.0. The molecular weight excluding hydrogens is 497 g/mol. The fourth-order valence-electron chi connectivity index (χ4n) is 5.33. The van der Waals surface area contributed by atoms with Crippen LogP contribution in [0.4, 0.5) is 13.2 Å². The number of carbonyl (C=O) groups excluding carboxylic acids is 2. The molecule has 2 aliphatic rings. The Morgan fingerprint density at radius 1 is 1.18 bits per heavy atom. The minimum atomic E-state index is -4.55. The zero-order valence-corrected chi connectivity index (χ0v) is 21.9. The van der Waals surface area contributed by atoms with Crippen molar-refractivity contribution in [3.05, 3.63) is 65.5 Å². The van der Waals surface area contributed by atoms with Gasteiger partial charge in [0.05, 0.1) is 24.4 Å². The highest BCUT2D eigenvalue weighted by Gasteiger charge is 2.40. The number of nitrogens with one attached hydrogen (secondary N) is 2. The Morgan fingerprint density at radius 3 is 2.61 bits per heavy atom. The summed E-state index contributed by atoms with van der Waals surface area (Å²) in [5.74, 6) is -0.759. The van der Waals surface area contributed by atoms with Crippen LogP contribution in [0.15, 0.2) is 48.7 Å². The standard InChI is InChI=1S/C28H35F3N4O3/c1-18(2)23-14-22(34-21-10-11-27(3,38-17-21)24-9-4-5-12-32-24)16-35(23)25(36)15-33-26(37)19-7-6-8-20(13-19)28(29,30)31/h4-9,12-13,18,21-23,34H,10-11,14-17H2,1-3H3,(H,33,37)/t21?,22-,23?,27?/m0/s1. The monoisotopic (exact) mass is 532 g/mol. The molecule has 2 aromatic rings. The highest BCUT2D eigenvalue weighted by atomic mass is 19.4. The highest BCUT2D eigenvalue weighted by Crippen LogP contribution is 2.34. The number of aromatic nitrogens is 1. The van der Waals surface area contributed by atoms with E-state index >= 15 is 0 Å². The maximum Gasteiger partial charge on any atom is 0.416 e. The van der Waals surface area contributed by atoms with E-state index in [2.05, 4.69) is 36.4 Å². The molecule has 3 unspecified atom stereocenters. The Balaban J connectivity index is 1.31. The van der Waals surface area contributed by atoms with Gasteiger partial charge in [-0.1, -0.05) is 26.0 Å². The minimum absolute atomic E-state index is 0.00578. The number of alkyl halides is 3. The maximum atomic E-state index is 13.1. The maximum absolute atomic E-state index is 13.1. The van der Waals surface area contributed by atoms with Gasteiger partial charge in [0.15, 0.2) is 0 Å². The van der Waals surface area contributed by atoms with E-state index in [4.69, 9.17) is 4.74 Å². The third kappa shape index (κ3) is 6.53. The summed E-state index contributed by atoms with van der Waals surface area (Å²) >= 11 is 0. The van der Waals surface area contributed by atoms with E-state index in [1.807, 2.05) is 18.2 Å². The average Bonchev–Trinajstić information content (AvgIpc) is 3.33. The first kappa shape index (κ1) is 28.0. The first-order valence-corrected chi connectivity index (χ1v) is 13.0. The van der Waals surface area contributed by atoms with Crippen molar-refractivity contribution in [2.45, 2.75) is 69.9 Å². The number of benzene rings is 1. The minimum Gasteiger partial charge on any atom is -0.367 e. The first-order valence-electron chi connectivity index (χ1n) is 13.0. The van der Waals surface area contributed by atoms with E-state index in [0.29, 0.717) is 13.2 Å². The number of nitrogens with zero attached hydrogens (tertiary/aromatic N) is 2. The molecule has 4 atom stereocenters. The largest absolute Gasteiger partial charge is 0.416 e. The van der Waals surface area contributed by atoms with Crippen molar-refractivity contribution in [1.82, 2.24) is 20.5 Å². The molecule has 2 amide bonds. The van der Waals surface area contributed by atoms with Gasteiger partial charge in [0.1, 0.15) is 5.60 Å². The van der Waals surface area contributed by atoms with Crippen molar-refractivity contribution >= 4 is 11.8 Å². The van der Waals surface area contributed by atoms with E-state index in [9.17, 15) is 22.8 Å². The number of carbonyl (C=O) groups is 2. The smallest absolute Gasteiger partial charge is 0.367 e. The fourth-order valence-corrected chi connectivity index (χ4v) is 5.33. The molecule has 3 heterocycles. The number of pyridine rings is 1. The molecule has 0 spiro atoms. The van der Waals surface area contributed by atoms with E-state index < -0.39 is 23.2 Å². The molecule has 0 aliphatic carbocycles. The van der Waals surface area contributed by atoms with Crippen molar-refractivity contribution in [3.63, 3.8) is 0 Å². The summed E-state index contributed by atoms with van der Waals surface area (Å²) in [5, 5.41) is 6.15. The predicted molar refractivity (Wildman–Crippen MR) is 136 cm³/mol. The summed E-state index contributed by atoms with van der Waals surface area (Å²) in [5.41, 5.74) is -0.543. The molecule has 1 aromatic carbocycles. The van der Waals surface area contributed by atoms with Crippen LogP contribution in [0.1, 0.15) is 61.6 Å². The van der Waals surface area contributed by atoms with Gasteiger partial charge >= 0.3 is 6.18 Å². The van der Waals surface area contributed by atoms with Gasteiger partial charge < -0.3 is 20.3 Å². The van der Waals surface area contributed by atoms with Gasteiger partial charge in [-0.15, -0.1) is 0 Å². The molecule has 2 aliphatic heterocycles. The summed E-state index contributed by atoms with van der Waals surface area (Å²) in [6.45, 7) is 6.92. The Bertz CT molecular complexity index is 1120. The lowest BCUT2D eigenvalue weighted by Crippen LogP contribution is -2.49. The van der Waals surface area contributed by atoms with Crippen LogP contribution in [0.5, 0.6) is 0 Å². The SMILES string of the molecule is CC(C)C1C[C@H](NC2CCC(C)(c3ccccn3)OC2)CN1C(=O)CNC(=O)c1cccc(C(F)(F)F)c1. The molecule has 206 valence electrons. The lowest BCUT2D eigenvalue weighted by molar-refractivity contribution is -0.137. The van der Waals surface area contributed by atoms with Crippen LogP contribution in [0.25, 0.3) is 0 Å². The normalized spacial score (nSPS) is 26.0. The molecule has 38 heavy (non-hydrogen) atoms. The Hall–Kier alpha value is -2.98. The number of halogens is 3. The predicted octanol–water partition coefficient (Wildman–Crippen LogP) is 4.14. The van der Waals surface area contributed by atoms with Crippen molar-refractivity contribution in [2.24, 2.45) is 5.92 Å². The number of ether oxygens (including phenoxy) is 1. The molecule has 1 aromatic heterocycles. The van der Waals surface area contributed by atoms with Gasteiger partial charge in [-0.25, -0.2) is 0 Å². The second-order valence-electron chi connectivity index (χ2n) is 10.7. The number of hydrogen-bond donors (Lipinski definition) is 2. The van der Waals surface area contributed by atoms with Crippen molar-refractivity contribution in [3.8, 4) is 0 Å². The van der Waals surface area contributed by atoms with Crippen molar-refractivity contribution < 1.29 is 27.5 Å². The molecule has 2 saturated heterocycles. The van der Waals surface area contributed by atoms with Gasteiger partial charge in [-0.05, 0) is 62.4 Å². The Morgan fingerprint density at radius 2 is 1.97 bits per heavy atom. The summed E-state index contributed by atoms with van der Waals surface area (Å²) in [4.78, 5) is 31.8. The van der Waals surface area contributed by atoms with Crippen LogP contribution < -0.4 is 10.6 Å². The van der Waals surface area contributed by atoms with Gasteiger partial charge in [0.2, 0.25) is 5.91 Å². The van der Waals surface area contributed by atoms with Gasteiger partial charge in [0, 0.05) is 36.4 Å². The molecule has 2 fully saturated rings. The number of hydrogen-bond acceptors (Lipinski definition) is 5. The molecule has 4 rings (SSSR count). The lowest BCUT2D eigenvalue weighted by atomic mass is 9.90. The quantitative estimate of drug-likeness (QED) is 0.560. The van der Waals surface area contributed by atoms with E-state index in [-0.39, 0.29) is 42.1 Å². The van der Waals surface area contributed by atoms with E-state index in [1.54, 1.807) is 11.1 Å². The number of rotatable bonds is 7. The summed E-state index contributed by atoms with van der Waals surface area (Å²) in [7, 11) is 0. The second kappa shape index (κ2) is 11.4. The molecule has 0 radical (unpaired) electrons. The number of likely N-dealkylation sites (tertiary alicyclic amines) is 1. The van der Waals surface area contributed by atoms with Crippen LogP contribution in [-0.2, 0) is 21.3 Å². The van der Waals surface area contributed by atoms with Gasteiger partial charge in [-0.3, -0.25) is 14.6 Å². The Kier molecular flexibility index (Phi) is 8.42. The molecule has 2 N–H and O–H groups in total. The van der Waals surface area contributed by atoms with Crippen LogP contribution in [0.2, 0.25) is 0 Å². The third-order valence-corrected chi connectivity index (χ3v) is 7.54. The van der Waals surface area contributed by atoms with Crippen LogP contribution in [0, 0.1) is 5.92 Å². The fraction of sp³-hybridized carbons (Fsp3) is 0.536. The number of amides is 2. The molecule has 7 nitrogen and oxygen atoms in total. The molecular formula is C28H35F3N4O3. The van der Waals surface area contributed by atoms with E-state index in [0.717, 1.165) is 37.1 Å². The van der Waals surface area contributed by atoms with Gasteiger partial charge in [-0.2, -0.15) is 13.2 Å². The van der Waals surface area contributed by atoms with Crippen LogP contribution >= 0.6 is 0 Å². The summed E-state index contributed by atoms with van der Waals surface area (Å²) in [6.07, 6.45) is -0.261.